The maximum absolute atomic E-state index is 12.2. The first-order valence-electron chi connectivity index (χ1n) is 7.29. The van der Waals surface area contributed by atoms with Crippen LogP contribution >= 0.6 is 0 Å². The van der Waals surface area contributed by atoms with Gasteiger partial charge in [-0.3, -0.25) is 4.79 Å². The van der Waals surface area contributed by atoms with Gasteiger partial charge in [0.05, 0.1) is 4.90 Å². The van der Waals surface area contributed by atoms with Crippen molar-refractivity contribution in [3.05, 3.63) is 29.8 Å². The van der Waals surface area contributed by atoms with Gasteiger partial charge in [0.25, 0.3) is 5.91 Å². The molecule has 6 heteroatoms. The smallest absolute Gasteiger partial charge is 0.251 e. The van der Waals surface area contributed by atoms with Crippen LogP contribution < -0.4 is 10.0 Å². The van der Waals surface area contributed by atoms with Crippen LogP contribution in [-0.2, 0) is 10.0 Å². The van der Waals surface area contributed by atoms with E-state index < -0.39 is 10.0 Å². The number of sulfonamides is 1. The van der Waals surface area contributed by atoms with Crippen molar-refractivity contribution in [2.24, 2.45) is 5.92 Å². The number of amides is 1. The molecule has 1 saturated carbocycles. The third kappa shape index (κ3) is 4.82. The largest absolute Gasteiger partial charge is 0.349 e. The molecule has 0 spiro atoms. The first-order chi connectivity index (χ1) is 9.88. The van der Waals surface area contributed by atoms with E-state index in [9.17, 15) is 13.2 Å². The van der Waals surface area contributed by atoms with E-state index >= 15 is 0 Å². The fourth-order valence-corrected chi connectivity index (χ4v) is 2.96. The van der Waals surface area contributed by atoms with Gasteiger partial charge in [-0.05, 0) is 43.4 Å². The molecule has 0 atom stereocenters. The van der Waals surface area contributed by atoms with Gasteiger partial charge < -0.3 is 5.32 Å². The predicted octanol–water partition coefficient (Wildman–Crippen LogP) is 1.90. The lowest BCUT2D eigenvalue weighted by atomic mass is 10.1. The van der Waals surface area contributed by atoms with Crippen LogP contribution in [0.1, 0.15) is 43.5 Å². The van der Waals surface area contributed by atoms with Crippen molar-refractivity contribution in [3.8, 4) is 0 Å². The molecule has 0 aliphatic heterocycles. The molecule has 0 unspecified atom stereocenters. The van der Waals surface area contributed by atoms with Crippen molar-refractivity contribution in [2.45, 2.75) is 44.0 Å². The summed E-state index contributed by atoms with van der Waals surface area (Å²) < 4.78 is 26.9. The first kappa shape index (κ1) is 16.0. The number of carbonyl (C=O) groups excluding carboxylic acids is 1. The van der Waals surface area contributed by atoms with Gasteiger partial charge in [0.15, 0.2) is 0 Å². The van der Waals surface area contributed by atoms with Gasteiger partial charge in [0.2, 0.25) is 10.0 Å². The van der Waals surface area contributed by atoms with E-state index in [0.717, 1.165) is 19.3 Å². The Labute approximate surface area is 126 Å². The van der Waals surface area contributed by atoms with E-state index in [1.807, 2.05) is 13.8 Å². The van der Waals surface area contributed by atoms with Gasteiger partial charge in [-0.2, -0.15) is 0 Å². The van der Waals surface area contributed by atoms with Crippen LogP contribution in [0.4, 0.5) is 0 Å². The Morgan fingerprint density at radius 2 is 2.05 bits per heavy atom. The number of hydrogen-bond donors (Lipinski definition) is 2. The molecule has 2 N–H and O–H groups in total. The van der Waals surface area contributed by atoms with Gasteiger partial charge in [-0.15, -0.1) is 0 Å². The minimum Gasteiger partial charge on any atom is -0.349 e. The summed E-state index contributed by atoms with van der Waals surface area (Å²) in [6, 6.07) is 6.41. The molecule has 0 radical (unpaired) electrons. The Kier molecular flexibility index (Phi) is 5.00. The molecular weight excluding hydrogens is 288 g/mol. The summed E-state index contributed by atoms with van der Waals surface area (Å²) in [5.41, 5.74) is 0.383. The van der Waals surface area contributed by atoms with E-state index in [1.54, 1.807) is 12.1 Å². The molecule has 0 aromatic heterocycles. The number of carbonyl (C=O) groups is 1. The molecule has 0 heterocycles. The number of benzene rings is 1. The van der Waals surface area contributed by atoms with Crippen LogP contribution in [0.25, 0.3) is 0 Å². The van der Waals surface area contributed by atoms with Crippen LogP contribution in [0.2, 0.25) is 0 Å². The molecule has 1 fully saturated rings. The maximum Gasteiger partial charge on any atom is 0.251 e. The van der Waals surface area contributed by atoms with E-state index in [2.05, 4.69) is 10.0 Å². The van der Waals surface area contributed by atoms with Gasteiger partial charge in [-0.25, -0.2) is 13.1 Å². The fourth-order valence-electron chi connectivity index (χ4n) is 1.87. The van der Waals surface area contributed by atoms with Gasteiger partial charge in [0.1, 0.15) is 0 Å². The number of nitrogens with one attached hydrogen (secondary N) is 2. The average Bonchev–Trinajstić information content (AvgIpc) is 3.22. The highest BCUT2D eigenvalue weighted by Gasteiger charge is 2.24. The summed E-state index contributed by atoms with van der Waals surface area (Å²) in [6.07, 6.45) is 2.78. The summed E-state index contributed by atoms with van der Waals surface area (Å²) in [5.74, 6) is 0.222. The zero-order chi connectivity index (χ0) is 15.5. The van der Waals surface area contributed by atoms with Crippen molar-refractivity contribution >= 4 is 15.9 Å². The minimum atomic E-state index is -3.55. The molecule has 1 amide bonds. The van der Waals surface area contributed by atoms with Crippen molar-refractivity contribution in [3.63, 3.8) is 0 Å². The van der Waals surface area contributed by atoms with Gasteiger partial charge in [0, 0.05) is 18.2 Å². The number of hydrogen-bond acceptors (Lipinski definition) is 3. The molecule has 0 bridgehead atoms. The van der Waals surface area contributed by atoms with Gasteiger partial charge >= 0.3 is 0 Å². The Bertz CT molecular complexity index is 607. The molecule has 1 aliphatic carbocycles. The molecule has 1 aromatic rings. The Balaban J connectivity index is 2.06. The molecule has 5 nitrogen and oxygen atoms in total. The number of rotatable bonds is 7. The van der Waals surface area contributed by atoms with Crippen molar-refractivity contribution in [1.29, 1.82) is 0 Å². The van der Waals surface area contributed by atoms with Crippen LogP contribution in [0, 0.1) is 5.92 Å². The van der Waals surface area contributed by atoms with Crippen LogP contribution in [0.15, 0.2) is 29.2 Å². The molecule has 2 rings (SSSR count). The Morgan fingerprint density at radius 3 is 2.67 bits per heavy atom. The Morgan fingerprint density at radius 1 is 1.33 bits per heavy atom. The minimum absolute atomic E-state index is 0.134. The summed E-state index contributed by atoms with van der Waals surface area (Å²) in [4.78, 5) is 12.1. The second-order valence-corrected chi connectivity index (χ2v) is 7.62. The zero-order valence-corrected chi connectivity index (χ0v) is 13.2. The van der Waals surface area contributed by atoms with Crippen molar-refractivity contribution in [1.82, 2.24) is 10.0 Å². The highest BCUT2D eigenvalue weighted by molar-refractivity contribution is 7.89. The summed E-state index contributed by atoms with van der Waals surface area (Å²) >= 11 is 0. The second kappa shape index (κ2) is 6.58. The van der Waals surface area contributed by atoms with Crippen molar-refractivity contribution < 1.29 is 13.2 Å². The first-order valence-corrected chi connectivity index (χ1v) is 8.77. The highest BCUT2D eigenvalue weighted by Crippen LogP contribution is 2.20. The molecule has 0 saturated heterocycles. The van der Waals surface area contributed by atoms with Crippen molar-refractivity contribution in [2.75, 3.05) is 6.54 Å². The monoisotopic (exact) mass is 310 g/mol. The van der Waals surface area contributed by atoms with E-state index in [-0.39, 0.29) is 16.8 Å². The van der Waals surface area contributed by atoms with Gasteiger partial charge in [-0.1, -0.05) is 19.9 Å². The molecule has 1 aromatic carbocycles. The SMILES string of the molecule is CC(C)CCNS(=O)(=O)c1cccc(C(=O)NC2CC2)c1. The molecule has 1 aliphatic rings. The lowest BCUT2D eigenvalue weighted by Crippen LogP contribution is -2.27. The topological polar surface area (TPSA) is 75.3 Å². The molecule has 116 valence electrons. The van der Waals surface area contributed by atoms with Crippen LogP contribution in [-0.4, -0.2) is 26.9 Å². The fraction of sp³-hybridized carbons (Fsp3) is 0.533. The summed E-state index contributed by atoms with van der Waals surface area (Å²) in [5, 5.41) is 2.85. The zero-order valence-electron chi connectivity index (χ0n) is 12.4. The van der Waals surface area contributed by atoms with Crippen LogP contribution in [0.3, 0.4) is 0 Å². The standard InChI is InChI=1S/C15H22N2O3S/c1-11(2)8-9-16-21(19,20)14-5-3-4-12(10-14)15(18)17-13-6-7-13/h3-5,10-11,13,16H,6-9H2,1-2H3,(H,17,18). The molecule has 21 heavy (non-hydrogen) atoms. The third-order valence-corrected chi connectivity index (χ3v) is 4.79. The normalized spacial score (nSPS) is 15.2. The van der Waals surface area contributed by atoms with E-state index in [1.165, 1.54) is 12.1 Å². The maximum atomic E-state index is 12.2. The van der Waals surface area contributed by atoms with E-state index in [4.69, 9.17) is 0 Å². The predicted molar refractivity (Wildman–Crippen MR) is 81.6 cm³/mol. The highest BCUT2D eigenvalue weighted by atomic mass is 32.2. The lowest BCUT2D eigenvalue weighted by Gasteiger charge is -2.09. The molecular formula is C15H22N2O3S. The van der Waals surface area contributed by atoms with Crippen LogP contribution in [0.5, 0.6) is 0 Å². The Hall–Kier alpha value is -1.40. The third-order valence-electron chi connectivity index (χ3n) is 3.33. The van der Waals surface area contributed by atoms with E-state index in [0.29, 0.717) is 18.0 Å². The second-order valence-electron chi connectivity index (χ2n) is 5.86. The lowest BCUT2D eigenvalue weighted by molar-refractivity contribution is 0.0951. The summed E-state index contributed by atoms with van der Waals surface area (Å²) in [7, 11) is -3.55. The summed E-state index contributed by atoms with van der Waals surface area (Å²) in [6.45, 7) is 4.48. The average molecular weight is 310 g/mol. The quantitative estimate of drug-likeness (QED) is 0.807.